The van der Waals surface area contributed by atoms with Crippen LogP contribution in [-0.2, 0) is 9.53 Å². The molecule has 2 aromatic carbocycles. The minimum absolute atomic E-state index is 0.133. The minimum atomic E-state index is -0.411. The molecule has 1 fully saturated rings. The number of hydrogen-bond donors (Lipinski definition) is 1. The molecule has 1 heterocycles. The van der Waals surface area contributed by atoms with Crippen LogP contribution in [0.3, 0.4) is 0 Å². The Morgan fingerprint density at radius 2 is 2.11 bits per heavy atom. The molecule has 1 aliphatic rings. The topological polar surface area (TPSA) is 79.2 Å². The predicted molar refractivity (Wildman–Crippen MR) is 114 cm³/mol. The van der Waals surface area contributed by atoms with E-state index in [1.165, 1.54) is 16.7 Å². The molecule has 3 rings (SSSR count). The van der Waals surface area contributed by atoms with E-state index in [4.69, 9.17) is 4.74 Å². The van der Waals surface area contributed by atoms with Gasteiger partial charge in [0, 0.05) is 7.05 Å². The van der Waals surface area contributed by atoms with Crippen molar-refractivity contribution in [3.05, 3.63) is 63.0 Å². The molecule has 0 bridgehead atoms. The average Bonchev–Trinajstić information content (AvgIpc) is 2.93. The fourth-order valence-electron chi connectivity index (χ4n) is 2.44. The van der Waals surface area contributed by atoms with Gasteiger partial charge in [-0.25, -0.2) is 9.79 Å². The maximum Gasteiger partial charge on any atom is 0.338 e. The largest absolute Gasteiger partial charge is 0.507 e. The third kappa shape index (κ3) is 4.45. The molecular weight excluding hydrogens is 444 g/mol. The number of phenolic OH excluding ortho intramolecular Hbond substituents is 1. The van der Waals surface area contributed by atoms with Crippen LogP contribution in [-0.4, -0.2) is 40.7 Å². The summed E-state index contributed by atoms with van der Waals surface area (Å²) < 4.78 is 5.56. The molecule has 0 aliphatic carbocycles. The van der Waals surface area contributed by atoms with E-state index < -0.39 is 5.97 Å². The third-order valence-corrected chi connectivity index (χ3v) is 5.55. The number of nitrogens with zero attached hydrogens (tertiary/aromatic N) is 2. The number of aromatic hydroxyl groups is 1. The maximum atomic E-state index is 12.5. The second kappa shape index (κ2) is 8.62. The summed E-state index contributed by atoms with van der Waals surface area (Å²) in [5.41, 5.74) is 1.74. The Hall–Kier alpha value is -2.58. The van der Waals surface area contributed by atoms with E-state index in [0.29, 0.717) is 32.4 Å². The summed E-state index contributed by atoms with van der Waals surface area (Å²) in [6.07, 6.45) is 1.74. The molecule has 8 heteroatoms. The lowest BCUT2D eigenvalue weighted by Crippen LogP contribution is -2.23. The zero-order chi connectivity index (χ0) is 20.3. The van der Waals surface area contributed by atoms with Gasteiger partial charge in [-0.3, -0.25) is 9.69 Å². The second-order valence-electron chi connectivity index (χ2n) is 5.85. The molecule has 0 atom stereocenters. The number of likely N-dealkylation sites (N-methyl/N-ethyl adjacent to an activating group) is 1. The molecule has 1 N–H and O–H groups in total. The van der Waals surface area contributed by atoms with Gasteiger partial charge in [-0.15, -0.1) is 0 Å². The number of amides is 1. The Labute approximate surface area is 175 Å². The molecule has 0 radical (unpaired) electrons. The molecule has 28 heavy (non-hydrogen) atoms. The number of rotatable bonds is 4. The lowest BCUT2D eigenvalue weighted by atomic mass is 10.2. The standard InChI is InChI=1S/C20H17BrN2O4S/c1-3-27-19(26)13-5-4-6-14(11-13)22-20-23(2)18(25)17(28-20)10-12-7-8-16(24)15(21)9-12/h4-11,24H,3H2,1-2H3. The van der Waals surface area contributed by atoms with Crippen LogP contribution in [0.4, 0.5) is 5.69 Å². The Balaban J connectivity index is 1.87. The van der Waals surface area contributed by atoms with Crippen molar-refractivity contribution < 1.29 is 19.4 Å². The first-order valence-electron chi connectivity index (χ1n) is 8.41. The number of hydrogen-bond acceptors (Lipinski definition) is 6. The zero-order valence-corrected chi connectivity index (χ0v) is 17.6. The summed E-state index contributed by atoms with van der Waals surface area (Å²) in [7, 11) is 1.65. The molecule has 6 nitrogen and oxygen atoms in total. The van der Waals surface area contributed by atoms with Crippen molar-refractivity contribution in [2.24, 2.45) is 4.99 Å². The van der Waals surface area contributed by atoms with E-state index >= 15 is 0 Å². The Bertz CT molecular complexity index is 1000. The zero-order valence-electron chi connectivity index (χ0n) is 15.2. The molecule has 1 aliphatic heterocycles. The van der Waals surface area contributed by atoms with Crippen molar-refractivity contribution in [3.63, 3.8) is 0 Å². The number of amidine groups is 1. The summed E-state index contributed by atoms with van der Waals surface area (Å²) in [5, 5.41) is 10.1. The van der Waals surface area contributed by atoms with E-state index in [2.05, 4.69) is 20.9 Å². The number of carbonyl (C=O) groups excluding carboxylic acids is 2. The normalized spacial score (nSPS) is 16.8. The highest BCUT2D eigenvalue weighted by Crippen LogP contribution is 2.34. The van der Waals surface area contributed by atoms with Crippen LogP contribution in [0.25, 0.3) is 6.08 Å². The van der Waals surface area contributed by atoms with E-state index in [9.17, 15) is 14.7 Å². The summed E-state index contributed by atoms with van der Waals surface area (Å²) >= 11 is 4.51. The monoisotopic (exact) mass is 460 g/mol. The third-order valence-electron chi connectivity index (χ3n) is 3.86. The van der Waals surface area contributed by atoms with E-state index in [0.717, 1.165) is 5.56 Å². The van der Waals surface area contributed by atoms with Crippen LogP contribution in [0.1, 0.15) is 22.8 Å². The smallest absolute Gasteiger partial charge is 0.338 e. The van der Waals surface area contributed by atoms with Crippen molar-refractivity contribution in [2.45, 2.75) is 6.92 Å². The number of phenols is 1. The van der Waals surface area contributed by atoms with Crippen LogP contribution in [0.15, 0.2) is 56.8 Å². The predicted octanol–water partition coefficient (Wildman–Crippen LogP) is 4.57. The number of halogens is 1. The number of aliphatic imine (C=N–C) groups is 1. The van der Waals surface area contributed by atoms with Gasteiger partial charge in [-0.1, -0.05) is 12.1 Å². The summed E-state index contributed by atoms with van der Waals surface area (Å²) in [6, 6.07) is 11.8. The maximum absolute atomic E-state index is 12.5. The van der Waals surface area contributed by atoms with Crippen molar-refractivity contribution >= 4 is 56.5 Å². The fourth-order valence-corrected chi connectivity index (χ4v) is 3.83. The highest BCUT2D eigenvalue weighted by molar-refractivity contribution is 9.10. The molecule has 0 saturated carbocycles. The first-order chi connectivity index (χ1) is 13.4. The number of esters is 1. The lowest BCUT2D eigenvalue weighted by molar-refractivity contribution is -0.121. The van der Waals surface area contributed by atoms with E-state index in [1.807, 2.05) is 0 Å². The summed E-state index contributed by atoms with van der Waals surface area (Å²) in [6.45, 7) is 2.05. The lowest BCUT2D eigenvalue weighted by Gasteiger charge is -2.07. The molecule has 0 spiro atoms. The van der Waals surface area contributed by atoms with Crippen LogP contribution in [0.5, 0.6) is 5.75 Å². The van der Waals surface area contributed by atoms with Gasteiger partial charge >= 0.3 is 5.97 Å². The van der Waals surface area contributed by atoms with Crippen molar-refractivity contribution in [1.29, 1.82) is 0 Å². The van der Waals surface area contributed by atoms with Gasteiger partial charge in [-0.2, -0.15) is 0 Å². The highest BCUT2D eigenvalue weighted by Gasteiger charge is 2.30. The number of thioether (sulfide) groups is 1. The van der Waals surface area contributed by atoms with Gasteiger partial charge in [0.1, 0.15) is 5.75 Å². The second-order valence-corrected chi connectivity index (χ2v) is 7.71. The van der Waals surface area contributed by atoms with Crippen molar-refractivity contribution in [1.82, 2.24) is 4.90 Å². The van der Waals surface area contributed by atoms with Crippen LogP contribution < -0.4 is 0 Å². The number of ether oxygens (including phenoxy) is 1. The fraction of sp³-hybridized carbons (Fsp3) is 0.150. The van der Waals surface area contributed by atoms with E-state index in [1.54, 1.807) is 62.5 Å². The van der Waals surface area contributed by atoms with Crippen LogP contribution in [0.2, 0.25) is 0 Å². The first-order valence-corrected chi connectivity index (χ1v) is 10.0. The average molecular weight is 461 g/mol. The van der Waals surface area contributed by atoms with Gasteiger partial charge in [0.2, 0.25) is 0 Å². The SMILES string of the molecule is CCOC(=O)c1cccc(N=C2SC(=Cc3ccc(O)c(Br)c3)C(=O)N2C)c1. The molecule has 1 saturated heterocycles. The summed E-state index contributed by atoms with van der Waals surface area (Å²) in [4.78, 5) is 30.9. The number of carbonyl (C=O) groups is 2. The molecule has 0 aromatic heterocycles. The molecule has 2 aromatic rings. The molecular formula is C20H17BrN2O4S. The molecule has 0 unspecified atom stereocenters. The van der Waals surface area contributed by atoms with Crippen LogP contribution in [0, 0.1) is 0 Å². The van der Waals surface area contributed by atoms with Gasteiger partial charge in [0.25, 0.3) is 5.91 Å². The first kappa shape index (κ1) is 20.2. The van der Waals surface area contributed by atoms with Gasteiger partial charge in [0.15, 0.2) is 5.17 Å². The van der Waals surface area contributed by atoms with Gasteiger partial charge < -0.3 is 9.84 Å². The van der Waals surface area contributed by atoms with Gasteiger partial charge in [-0.05, 0) is 76.6 Å². The highest BCUT2D eigenvalue weighted by atomic mass is 79.9. The van der Waals surface area contributed by atoms with Gasteiger partial charge in [0.05, 0.1) is 27.2 Å². The van der Waals surface area contributed by atoms with Crippen molar-refractivity contribution in [3.8, 4) is 5.75 Å². The Kier molecular flexibility index (Phi) is 6.21. The van der Waals surface area contributed by atoms with Crippen molar-refractivity contribution in [2.75, 3.05) is 13.7 Å². The molecule has 144 valence electrons. The Morgan fingerprint density at radius 3 is 2.82 bits per heavy atom. The number of benzene rings is 2. The minimum Gasteiger partial charge on any atom is -0.507 e. The Morgan fingerprint density at radius 1 is 1.32 bits per heavy atom. The van der Waals surface area contributed by atoms with E-state index in [-0.39, 0.29) is 11.7 Å². The summed E-state index contributed by atoms with van der Waals surface area (Å²) in [5.74, 6) is -0.450. The molecule has 1 amide bonds. The quantitative estimate of drug-likeness (QED) is 0.533. The van der Waals surface area contributed by atoms with Crippen LogP contribution >= 0.6 is 27.7 Å².